The van der Waals surface area contributed by atoms with E-state index < -0.39 is 16.9 Å². The highest BCUT2D eigenvalue weighted by molar-refractivity contribution is 6.33. The molecule has 0 atom stereocenters. The van der Waals surface area contributed by atoms with E-state index in [0.29, 0.717) is 10.6 Å². The fourth-order valence-corrected chi connectivity index (χ4v) is 2.01. The van der Waals surface area contributed by atoms with E-state index in [0.717, 1.165) is 0 Å². The molecule has 3 N–H and O–H groups in total. The van der Waals surface area contributed by atoms with Crippen LogP contribution in [0.5, 0.6) is 0 Å². The van der Waals surface area contributed by atoms with Crippen LogP contribution in [0.4, 0.5) is 16.2 Å². The molecule has 2 aromatic carbocycles. The Kier molecular flexibility index (Phi) is 6.63. The average Bonchev–Trinajstić information content (AvgIpc) is 2.62. The normalized spacial score (nSPS) is 10.3. The second-order valence-electron chi connectivity index (χ2n) is 4.93. The maximum Gasteiger partial charge on any atom is 0.319 e. The van der Waals surface area contributed by atoms with Gasteiger partial charge in [-0.25, -0.2) is 10.2 Å². The van der Waals surface area contributed by atoms with Crippen LogP contribution in [0.25, 0.3) is 0 Å². The molecule has 0 aromatic heterocycles. The fraction of sp³-hybridized carbons (Fsp3) is 0.0625. The topological polar surface area (TPSA) is 126 Å². The average molecular weight is 376 g/mol. The van der Waals surface area contributed by atoms with Crippen LogP contribution in [0.15, 0.2) is 53.6 Å². The van der Waals surface area contributed by atoms with Gasteiger partial charge >= 0.3 is 6.03 Å². The number of halogens is 1. The summed E-state index contributed by atoms with van der Waals surface area (Å²) in [6, 6.07) is 11.7. The highest BCUT2D eigenvalue weighted by Crippen LogP contribution is 2.16. The largest absolute Gasteiger partial charge is 0.329 e. The van der Waals surface area contributed by atoms with Gasteiger partial charge < -0.3 is 10.6 Å². The minimum Gasteiger partial charge on any atom is -0.329 e. The van der Waals surface area contributed by atoms with E-state index in [2.05, 4.69) is 21.2 Å². The summed E-state index contributed by atoms with van der Waals surface area (Å²) in [7, 11) is 0. The summed E-state index contributed by atoms with van der Waals surface area (Å²) in [4.78, 5) is 33.4. The molecule has 0 bridgehead atoms. The predicted octanol–water partition coefficient (Wildman–Crippen LogP) is 2.52. The first-order chi connectivity index (χ1) is 12.5. The van der Waals surface area contributed by atoms with Gasteiger partial charge in [-0.3, -0.25) is 14.9 Å². The maximum atomic E-state index is 11.7. The van der Waals surface area contributed by atoms with E-state index in [-0.39, 0.29) is 17.9 Å². The van der Waals surface area contributed by atoms with Crippen molar-refractivity contribution in [3.8, 4) is 0 Å². The Bertz CT molecular complexity index is 856. The Labute approximate surface area is 153 Å². The predicted molar refractivity (Wildman–Crippen MR) is 97.3 cm³/mol. The Morgan fingerprint density at radius 1 is 1.19 bits per heavy atom. The third-order valence-corrected chi connectivity index (χ3v) is 3.37. The van der Waals surface area contributed by atoms with Crippen LogP contribution < -0.4 is 16.1 Å². The third kappa shape index (κ3) is 5.87. The van der Waals surface area contributed by atoms with Gasteiger partial charge in [0.2, 0.25) is 0 Å². The molecule has 0 saturated carbocycles. The van der Waals surface area contributed by atoms with Crippen LogP contribution in [0.3, 0.4) is 0 Å². The number of nitrogens with one attached hydrogen (secondary N) is 3. The summed E-state index contributed by atoms with van der Waals surface area (Å²) in [5.74, 6) is -0.553. The zero-order valence-corrected chi connectivity index (χ0v) is 14.1. The van der Waals surface area contributed by atoms with Crippen molar-refractivity contribution in [2.45, 2.75) is 0 Å². The maximum absolute atomic E-state index is 11.7. The summed E-state index contributed by atoms with van der Waals surface area (Å²) in [6.07, 6.45) is 1.38. The van der Waals surface area contributed by atoms with Gasteiger partial charge in [-0.2, -0.15) is 5.10 Å². The zero-order valence-electron chi connectivity index (χ0n) is 13.3. The van der Waals surface area contributed by atoms with Crippen LogP contribution >= 0.6 is 11.6 Å². The van der Waals surface area contributed by atoms with Gasteiger partial charge in [0.25, 0.3) is 11.6 Å². The van der Waals surface area contributed by atoms with Crippen molar-refractivity contribution in [3.63, 3.8) is 0 Å². The molecule has 0 aliphatic carbocycles. The molecule has 134 valence electrons. The highest BCUT2D eigenvalue weighted by atomic mass is 35.5. The molecule has 0 heterocycles. The molecular formula is C16H14ClN5O4. The second-order valence-corrected chi connectivity index (χ2v) is 5.34. The number of nitrogens with zero attached hydrogens (tertiary/aromatic N) is 2. The van der Waals surface area contributed by atoms with E-state index >= 15 is 0 Å². The van der Waals surface area contributed by atoms with E-state index in [1.807, 2.05) is 0 Å². The smallest absolute Gasteiger partial charge is 0.319 e. The molecule has 26 heavy (non-hydrogen) atoms. The number of hydrogen-bond donors (Lipinski definition) is 3. The van der Waals surface area contributed by atoms with Crippen molar-refractivity contribution in [2.24, 2.45) is 5.10 Å². The molecule has 9 nitrogen and oxygen atoms in total. The molecule has 2 rings (SSSR count). The molecule has 0 aliphatic heterocycles. The van der Waals surface area contributed by atoms with Crippen molar-refractivity contribution in [1.29, 1.82) is 0 Å². The van der Waals surface area contributed by atoms with E-state index in [9.17, 15) is 19.7 Å². The van der Waals surface area contributed by atoms with Crippen LogP contribution in [-0.2, 0) is 4.79 Å². The van der Waals surface area contributed by atoms with Crippen LogP contribution in [0, 0.1) is 10.1 Å². The monoisotopic (exact) mass is 375 g/mol. The summed E-state index contributed by atoms with van der Waals surface area (Å²) in [5, 5.41) is 19.6. The number of carbonyl (C=O) groups excluding carboxylic acids is 2. The van der Waals surface area contributed by atoms with Crippen LogP contribution in [0.1, 0.15) is 5.56 Å². The molecule has 0 fully saturated rings. The van der Waals surface area contributed by atoms with Gasteiger partial charge in [0.15, 0.2) is 0 Å². The Balaban J connectivity index is 1.78. The van der Waals surface area contributed by atoms with Gasteiger partial charge in [-0.1, -0.05) is 35.9 Å². The SMILES string of the molecule is O=C(CNC(=O)Nc1cccc([N+](=O)[O-])c1)N/N=C\c1ccccc1Cl. The Hall–Kier alpha value is -3.46. The summed E-state index contributed by atoms with van der Waals surface area (Å²) < 4.78 is 0. The zero-order chi connectivity index (χ0) is 18.9. The molecule has 2 aromatic rings. The lowest BCUT2D eigenvalue weighted by molar-refractivity contribution is -0.384. The minimum atomic E-state index is -0.685. The molecule has 0 spiro atoms. The van der Waals surface area contributed by atoms with Crippen LogP contribution in [0.2, 0.25) is 5.02 Å². The van der Waals surface area contributed by atoms with Gasteiger partial charge in [-0.15, -0.1) is 0 Å². The molecular weight excluding hydrogens is 362 g/mol. The first kappa shape index (κ1) is 18.9. The number of hydrogen-bond acceptors (Lipinski definition) is 5. The number of benzene rings is 2. The standard InChI is InChI=1S/C16H14ClN5O4/c17-14-7-2-1-4-11(14)9-19-21-15(23)10-18-16(24)20-12-5-3-6-13(8-12)22(25)26/h1-9H,10H2,(H,21,23)(H2,18,20,24)/b19-9-. The molecule has 10 heteroatoms. The Morgan fingerprint density at radius 3 is 2.69 bits per heavy atom. The van der Waals surface area contributed by atoms with Gasteiger partial charge in [0.05, 0.1) is 11.1 Å². The van der Waals surface area contributed by atoms with E-state index in [1.54, 1.807) is 24.3 Å². The lowest BCUT2D eigenvalue weighted by Crippen LogP contribution is -2.37. The van der Waals surface area contributed by atoms with Crippen molar-refractivity contribution < 1.29 is 14.5 Å². The number of anilines is 1. The van der Waals surface area contributed by atoms with Gasteiger partial charge in [0.1, 0.15) is 6.54 Å². The number of nitro benzene ring substituents is 1. The van der Waals surface area contributed by atoms with E-state index in [4.69, 9.17) is 11.6 Å². The number of non-ortho nitro benzene ring substituents is 1. The minimum absolute atomic E-state index is 0.158. The first-order valence-electron chi connectivity index (χ1n) is 7.31. The summed E-state index contributed by atoms with van der Waals surface area (Å²) in [6.45, 7) is -0.333. The molecule has 3 amide bonds. The number of nitro groups is 1. The number of urea groups is 1. The lowest BCUT2D eigenvalue weighted by Gasteiger charge is -2.06. The summed E-state index contributed by atoms with van der Waals surface area (Å²) >= 11 is 5.94. The van der Waals surface area contributed by atoms with Gasteiger partial charge in [-0.05, 0) is 12.1 Å². The third-order valence-electron chi connectivity index (χ3n) is 3.02. The number of carbonyl (C=O) groups is 2. The van der Waals surface area contributed by atoms with Crippen molar-refractivity contribution in [3.05, 3.63) is 69.2 Å². The van der Waals surface area contributed by atoms with Crippen molar-refractivity contribution >= 4 is 41.1 Å². The number of rotatable bonds is 6. The number of hydrazone groups is 1. The molecule has 0 aliphatic rings. The first-order valence-corrected chi connectivity index (χ1v) is 7.69. The second kappa shape index (κ2) is 9.14. The Morgan fingerprint density at radius 2 is 1.96 bits per heavy atom. The highest BCUT2D eigenvalue weighted by Gasteiger charge is 2.09. The van der Waals surface area contributed by atoms with E-state index in [1.165, 1.54) is 30.5 Å². The fourth-order valence-electron chi connectivity index (χ4n) is 1.83. The number of amides is 3. The van der Waals surface area contributed by atoms with Crippen LogP contribution in [-0.4, -0.2) is 29.6 Å². The van der Waals surface area contributed by atoms with Crippen molar-refractivity contribution in [1.82, 2.24) is 10.7 Å². The molecule has 0 radical (unpaired) electrons. The summed E-state index contributed by atoms with van der Waals surface area (Å²) in [5.41, 5.74) is 2.94. The van der Waals surface area contributed by atoms with Gasteiger partial charge in [0, 0.05) is 28.4 Å². The quantitative estimate of drug-likeness (QED) is 0.407. The molecule has 0 unspecified atom stereocenters. The molecule has 0 saturated heterocycles. The lowest BCUT2D eigenvalue weighted by atomic mass is 10.2. The van der Waals surface area contributed by atoms with Crippen molar-refractivity contribution in [2.75, 3.05) is 11.9 Å².